The molecule has 0 aliphatic heterocycles. The van der Waals surface area contributed by atoms with Crippen molar-refractivity contribution in [2.24, 2.45) is 0 Å². The molecule has 0 bridgehead atoms. The molecule has 0 aliphatic rings. The van der Waals surface area contributed by atoms with Gasteiger partial charge < -0.3 is 5.32 Å². The topological polar surface area (TPSA) is 24.9 Å². The minimum absolute atomic E-state index is 0.414. The summed E-state index contributed by atoms with van der Waals surface area (Å²) in [6, 6.07) is 6.47. The zero-order chi connectivity index (χ0) is 11.1. The third-order valence-electron chi connectivity index (χ3n) is 2.46. The molecule has 0 amide bonds. The Bertz CT molecular complexity index is 293. The van der Waals surface area contributed by atoms with E-state index in [1.807, 2.05) is 18.3 Å². The maximum Gasteiger partial charge on any atom is 0.0404 e. The average molecular weight is 204 g/mol. The summed E-state index contributed by atoms with van der Waals surface area (Å²) in [5.41, 5.74) is 2.36. The molecule has 0 saturated heterocycles. The first-order chi connectivity index (χ1) is 7.24. The summed E-state index contributed by atoms with van der Waals surface area (Å²) in [6.45, 7) is 9.19. The molecule has 1 aromatic heterocycles. The summed E-state index contributed by atoms with van der Waals surface area (Å²) in [5, 5.41) is 3.42. The van der Waals surface area contributed by atoms with Crippen LogP contribution in [0.2, 0.25) is 0 Å². The van der Waals surface area contributed by atoms with Crippen LogP contribution in [0, 0.1) is 0 Å². The summed E-state index contributed by atoms with van der Waals surface area (Å²) >= 11 is 0. The van der Waals surface area contributed by atoms with Crippen LogP contribution in [0.4, 0.5) is 0 Å². The highest BCUT2D eigenvalue weighted by Crippen LogP contribution is 2.07. The Morgan fingerprint density at radius 1 is 1.53 bits per heavy atom. The first-order valence-corrected chi connectivity index (χ1v) is 5.52. The maximum absolute atomic E-state index is 4.31. The molecule has 0 aliphatic carbocycles. The first-order valence-electron chi connectivity index (χ1n) is 5.52. The third kappa shape index (κ3) is 4.26. The van der Waals surface area contributed by atoms with E-state index in [9.17, 15) is 0 Å². The molecule has 82 valence electrons. The van der Waals surface area contributed by atoms with Crippen LogP contribution >= 0.6 is 0 Å². The Morgan fingerprint density at radius 2 is 2.33 bits per heavy atom. The van der Waals surface area contributed by atoms with Crippen molar-refractivity contribution in [3.8, 4) is 0 Å². The second-order valence-electron chi connectivity index (χ2n) is 3.82. The normalized spacial score (nSPS) is 12.4. The Kier molecular flexibility index (Phi) is 5.05. The molecule has 1 unspecified atom stereocenters. The molecule has 15 heavy (non-hydrogen) atoms. The molecule has 0 aromatic carbocycles. The van der Waals surface area contributed by atoms with Crippen molar-refractivity contribution in [3.05, 3.63) is 42.2 Å². The molecule has 1 aromatic rings. The zero-order valence-corrected chi connectivity index (χ0v) is 9.66. The van der Waals surface area contributed by atoms with Crippen molar-refractivity contribution in [2.75, 3.05) is 6.54 Å². The van der Waals surface area contributed by atoms with Gasteiger partial charge in [-0.25, -0.2) is 0 Å². The van der Waals surface area contributed by atoms with Crippen LogP contribution in [-0.2, 0) is 6.42 Å². The number of pyridine rings is 1. The number of hydrogen-bond donors (Lipinski definition) is 1. The molecule has 0 saturated carbocycles. The molecule has 2 heteroatoms. The Balaban J connectivity index is 2.43. The number of hydrogen-bond acceptors (Lipinski definition) is 2. The van der Waals surface area contributed by atoms with E-state index in [2.05, 4.69) is 36.8 Å². The van der Waals surface area contributed by atoms with Crippen molar-refractivity contribution in [1.82, 2.24) is 10.3 Å². The van der Waals surface area contributed by atoms with Gasteiger partial charge in [0, 0.05) is 17.9 Å². The molecular weight excluding hydrogens is 184 g/mol. The molecule has 0 radical (unpaired) electrons. The van der Waals surface area contributed by atoms with Gasteiger partial charge in [-0.1, -0.05) is 25.1 Å². The van der Waals surface area contributed by atoms with Gasteiger partial charge in [0.15, 0.2) is 0 Å². The summed E-state index contributed by atoms with van der Waals surface area (Å²) in [5.74, 6) is 0. The van der Waals surface area contributed by atoms with Gasteiger partial charge in [-0.3, -0.25) is 4.98 Å². The Morgan fingerprint density at radius 3 is 2.87 bits per heavy atom. The van der Waals surface area contributed by atoms with Gasteiger partial charge in [-0.15, -0.1) is 0 Å². The fourth-order valence-corrected chi connectivity index (χ4v) is 1.61. The fourth-order valence-electron chi connectivity index (χ4n) is 1.61. The molecule has 1 rings (SSSR count). The number of aromatic nitrogens is 1. The number of aryl methyl sites for hydroxylation is 1. The van der Waals surface area contributed by atoms with E-state index in [1.54, 1.807) is 0 Å². The molecule has 1 N–H and O–H groups in total. The van der Waals surface area contributed by atoms with Crippen molar-refractivity contribution in [1.29, 1.82) is 0 Å². The maximum atomic E-state index is 4.31. The first kappa shape index (κ1) is 11.9. The van der Waals surface area contributed by atoms with Crippen LogP contribution in [0.1, 0.15) is 26.0 Å². The molecule has 1 heterocycles. The van der Waals surface area contributed by atoms with Crippen LogP contribution in [0.5, 0.6) is 0 Å². The van der Waals surface area contributed by atoms with Crippen LogP contribution < -0.4 is 5.32 Å². The van der Waals surface area contributed by atoms with E-state index in [1.165, 1.54) is 5.57 Å². The molecule has 0 spiro atoms. The van der Waals surface area contributed by atoms with Crippen LogP contribution in [0.3, 0.4) is 0 Å². The number of nitrogens with one attached hydrogen (secondary N) is 1. The minimum atomic E-state index is 0.414. The zero-order valence-electron chi connectivity index (χ0n) is 9.66. The van der Waals surface area contributed by atoms with Crippen LogP contribution in [-0.4, -0.2) is 17.6 Å². The van der Waals surface area contributed by atoms with Crippen LogP contribution in [0.25, 0.3) is 0 Å². The van der Waals surface area contributed by atoms with Gasteiger partial charge in [-0.05, 0) is 38.4 Å². The van der Waals surface area contributed by atoms with Gasteiger partial charge in [-0.2, -0.15) is 0 Å². The predicted octanol–water partition coefficient (Wildman–Crippen LogP) is 2.57. The lowest BCUT2D eigenvalue weighted by atomic mass is 10.0. The van der Waals surface area contributed by atoms with Gasteiger partial charge in [0.1, 0.15) is 0 Å². The molecule has 2 nitrogen and oxygen atoms in total. The van der Waals surface area contributed by atoms with E-state index >= 15 is 0 Å². The molecular formula is C13H20N2. The number of rotatable bonds is 6. The Hall–Kier alpha value is -1.15. The number of likely N-dealkylation sites (N-methyl/N-ethyl adjacent to an activating group) is 1. The lowest BCUT2D eigenvalue weighted by Crippen LogP contribution is -2.30. The van der Waals surface area contributed by atoms with Gasteiger partial charge >= 0.3 is 0 Å². The van der Waals surface area contributed by atoms with Crippen LogP contribution in [0.15, 0.2) is 36.5 Å². The van der Waals surface area contributed by atoms with E-state index in [0.717, 1.165) is 25.1 Å². The van der Waals surface area contributed by atoms with Crippen molar-refractivity contribution >= 4 is 0 Å². The number of nitrogens with zero attached hydrogens (tertiary/aromatic N) is 1. The van der Waals surface area contributed by atoms with Crippen molar-refractivity contribution in [2.45, 2.75) is 32.7 Å². The minimum Gasteiger partial charge on any atom is -0.311 e. The van der Waals surface area contributed by atoms with Gasteiger partial charge in [0.05, 0.1) is 0 Å². The van der Waals surface area contributed by atoms with Crippen molar-refractivity contribution < 1.29 is 0 Å². The molecule has 1 atom stereocenters. The van der Waals surface area contributed by atoms with Gasteiger partial charge in [0.2, 0.25) is 0 Å². The average Bonchev–Trinajstić information content (AvgIpc) is 2.25. The van der Waals surface area contributed by atoms with Gasteiger partial charge in [0.25, 0.3) is 0 Å². The lowest BCUT2D eigenvalue weighted by Gasteiger charge is -2.17. The lowest BCUT2D eigenvalue weighted by molar-refractivity contribution is 0.549. The van der Waals surface area contributed by atoms with E-state index in [0.29, 0.717) is 6.04 Å². The summed E-state index contributed by atoms with van der Waals surface area (Å²) in [7, 11) is 0. The predicted molar refractivity (Wildman–Crippen MR) is 64.8 cm³/mol. The summed E-state index contributed by atoms with van der Waals surface area (Å²) < 4.78 is 0. The second-order valence-corrected chi connectivity index (χ2v) is 3.82. The largest absolute Gasteiger partial charge is 0.311 e. The highest BCUT2D eigenvalue weighted by atomic mass is 14.9. The highest BCUT2D eigenvalue weighted by Gasteiger charge is 2.07. The Labute approximate surface area is 92.4 Å². The second kappa shape index (κ2) is 6.36. The fraction of sp³-hybridized carbons (Fsp3) is 0.462. The van der Waals surface area contributed by atoms with Crippen molar-refractivity contribution in [3.63, 3.8) is 0 Å². The third-order valence-corrected chi connectivity index (χ3v) is 2.46. The summed E-state index contributed by atoms with van der Waals surface area (Å²) in [4.78, 5) is 4.31. The molecule has 0 fully saturated rings. The quantitative estimate of drug-likeness (QED) is 0.720. The SMILES string of the molecule is C=C(C)C(CCc1ccccn1)NCC. The summed E-state index contributed by atoms with van der Waals surface area (Å²) in [6.07, 6.45) is 3.92. The smallest absolute Gasteiger partial charge is 0.0404 e. The van der Waals surface area contributed by atoms with E-state index < -0.39 is 0 Å². The monoisotopic (exact) mass is 204 g/mol. The van der Waals surface area contributed by atoms with E-state index in [4.69, 9.17) is 0 Å². The highest BCUT2D eigenvalue weighted by molar-refractivity contribution is 5.07. The van der Waals surface area contributed by atoms with E-state index in [-0.39, 0.29) is 0 Å². The standard InChI is InChI=1S/C13H20N2/c1-4-14-13(11(2)3)9-8-12-7-5-6-10-15-12/h5-7,10,13-14H,2,4,8-9H2,1,3H3.